The summed E-state index contributed by atoms with van der Waals surface area (Å²) in [6, 6.07) is 6.84. The Labute approximate surface area is 174 Å². The van der Waals surface area contributed by atoms with E-state index in [4.69, 9.17) is 0 Å². The van der Waals surface area contributed by atoms with Gasteiger partial charge in [0.15, 0.2) is 5.69 Å². The Balaban J connectivity index is 1.37. The van der Waals surface area contributed by atoms with Crippen LogP contribution in [-0.4, -0.2) is 54.1 Å². The molecule has 1 amide bonds. The smallest absolute Gasteiger partial charge is 0.270 e. The van der Waals surface area contributed by atoms with Crippen LogP contribution < -0.4 is 10.2 Å². The van der Waals surface area contributed by atoms with Crippen molar-refractivity contribution in [3.63, 3.8) is 0 Å². The third-order valence-corrected chi connectivity index (χ3v) is 6.93. The second kappa shape index (κ2) is 7.95. The Kier molecular flexibility index (Phi) is 5.52. The first-order valence-electron chi connectivity index (χ1n) is 11.1. The van der Waals surface area contributed by atoms with Crippen LogP contribution in [0, 0.1) is 22.7 Å². The van der Waals surface area contributed by atoms with E-state index >= 15 is 0 Å². The Hall–Kier alpha value is -2.13. The van der Waals surface area contributed by atoms with Gasteiger partial charge in [-0.15, -0.1) is 0 Å². The van der Waals surface area contributed by atoms with E-state index in [1.165, 1.54) is 19.3 Å². The summed E-state index contributed by atoms with van der Waals surface area (Å²) in [7, 11) is 0. The van der Waals surface area contributed by atoms with E-state index in [0.717, 1.165) is 50.6 Å². The fourth-order valence-electron chi connectivity index (χ4n) is 4.81. The van der Waals surface area contributed by atoms with E-state index in [9.17, 15) is 10.1 Å². The number of anilines is 1. The Morgan fingerprint density at radius 2 is 1.86 bits per heavy atom. The lowest BCUT2D eigenvalue weighted by Gasteiger charge is -2.39. The number of nitriles is 1. The topological polar surface area (TPSA) is 72.3 Å². The van der Waals surface area contributed by atoms with Crippen molar-refractivity contribution in [1.29, 1.82) is 5.26 Å². The third-order valence-electron chi connectivity index (χ3n) is 6.93. The molecule has 2 heterocycles. The number of amides is 1. The van der Waals surface area contributed by atoms with E-state index in [2.05, 4.69) is 46.9 Å². The zero-order valence-corrected chi connectivity index (χ0v) is 17.9. The minimum Gasteiger partial charge on any atom is -0.367 e. The predicted molar refractivity (Wildman–Crippen MR) is 114 cm³/mol. The van der Waals surface area contributed by atoms with Gasteiger partial charge in [0.2, 0.25) is 0 Å². The lowest BCUT2D eigenvalue weighted by atomic mass is 9.79. The molecule has 2 atom stereocenters. The minimum atomic E-state index is -0.171. The van der Waals surface area contributed by atoms with E-state index in [1.54, 1.807) is 6.07 Å². The van der Waals surface area contributed by atoms with Crippen molar-refractivity contribution in [2.45, 2.75) is 65.0 Å². The lowest BCUT2D eigenvalue weighted by molar-refractivity contribution is 0.0946. The number of pyridine rings is 1. The van der Waals surface area contributed by atoms with Gasteiger partial charge < -0.3 is 10.2 Å². The fourth-order valence-corrected chi connectivity index (χ4v) is 4.81. The Bertz CT molecular complexity index is 796. The summed E-state index contributed by atoms with van der Waals surface area (Å²) in [5.74, 6) is 0.643. The number of piperazine rings is 1. The Morgan fingerprint density at radius 3 is 2.45 bits per heavy atom. The summed E-state index contributed by atoms with van der Waals surface area (Å²) in [6.45, 7) is 10.9. The normalized spacial score (nSPS) is 25.7. The summed E-state index contributed by atoms with van der Waals surface area (Å²) in [6.07, 6.45) is 6.02. The van der Waals surface area contributed by atoms with Crippen LogP contribution >= 0.6 is 0 Å². The number of rotatable bonds is 4. The molecule has 0 radical (unpaired) electrons. The van der Waals surface area contributed by atoms with Crippen molar-refractivity contribution in [3.05, 3.63) is 23.5 Å². The highest BCUT2D eigenvalue weighted by Crippen LogP contribution is 2.41. The van der Waals surface area contributed by atoms with Crippen molar-refractivity contribution >= 4 is 11.6 Å². The van der Waals surface area contributed by atoms with E-state index in [0.29, 0.717) is 22.8 Å². The van der Waals surface area contributed by atoms with Gasteiger partial charge in [-0.3, -0.25) is 9.69 Å². The molecule has 0 aromatic carbocycles. The first-order valence-corrected chi connectivity index (χ1v) is 11.1. The number of hydrogen-bond acceptors (Lipinski definition) is 5. The molecule has 156 valence electrons. The molecule has 2 aliphatic carbocycles. The van der Waals surface area contributed by atoms with Gasteiger partial charge in [0, 0.05) is 38.3 Å². The van der Waals surface area contributed by atoms with Gasteiger partial charge in [0.05, 0.1) is 5.69 Å². The SMILES string of the molecule is CC(C)(C)C1CCC(N2CCN(c3ccc(C(=O)NC4CC4)nc3C#N)CC2)C1. The molecule has 3 fully saturated rings. The standard InChI is InChI=1S/C23H33N5O/c1-23(2,3)16-4-7-18(14-16)27-10-12-28(13-11-27)21-9-8-19(26-20(21)15-24)22(29)25-17-5-6-17/h8-9,16-18H,4-7,10-14H2,1-3H3,(H,25,29). The molecule has 1 aromatic rings. The molecule has 1 aliphatic heterocycles. The number of aromatic nitrogens is 1. The molecule has 29 heavy (non-hydrogen) atoms. The van der Waals surface area contributed by atoms with Crippen LogP contribution in [-0.2, 0) is 0 Å². The molecule has 1 saturated heterocycles. The highest BCUT2D eigenvalue weighted by Gasteiger charge is 2.36. The maximum Gasteiger partial charge on any atom is 0.270 e. The largest absolute Gasteiger partial charge is 0.367 e. The minimum absolute atomic E-state index is 0.171. The molecule has 6 nitrogen and oxygen atoms in total. The third kappa shape index (κ3) is 4.56. The molecule has 0 spiro atoms. The van der Waals surface area contributed by atoms with Crippen molar-refractivity contribution in [3.8, 4) is 6.07 Å². The number of nitrogens with zero attached hydrogens (tertiary/aromatic N) is 4. The monoisotopic (exact) mass is 395 g/mol. The van der Waals surface area contributed by atoms with Gasteiger partial charge in [-0.1, -0.05) is 20.8 Å². The maximum absolute atomic E-state index is 12.2. The van der Waals surface area contributed by atoms with Gasteiger partial charge in [0.1, 0.15) is 11.8 Å². The first kappa shape index (κ1) is 20.2. The van der Waals surface area contributed by atoms with Crippen LogP contribution in [0.2, 0.25) is 0 Å². The molecule has 4 rings (SSSR count). The zero-order chi connectivity index (χ0) is 20.6. The molecule has 2 saturated carbocycles. The van der Waals surface area contributed by atoms with Gasteiger partial charge in [-0.05, 0) is 55.6 Å². The number of hydrogen-bond donors (Lipinski definition) is 1. The average Bonchev–Trinajstić information content (AvgIpc) is 3.37. The van der Waals surface area contributed by atoms with E-state index < -0.39 is 0 Å². The lowest BCUT2D eigenvalue weighted by Crippen LogP contribution is -2.50. The number of carbonyl (C=O) groups is 1. The molecular weight excluding hydrogens is 362 g/mol. The molecule has 0 bridgehead atoms. The second-order valence-corrected chi connectivity index (χ2v) is 9.98. The summed E-state index contributed by atoms with van der Waals surface area (Å²) in [5, 5.41) is 12.5. The molecule has 1 aromatic heterocycles. The van der Waals surface area contributed by atoms with Gasteiger partial charge in [-0.2, -0.15) is 5.26 Å². The molecular formula is C23H33N5O. The highest BCUT2D eigenvalue weighted by atomic mass is 16.2. The van der Waals surface area contributed by atoms with E-state index in [1.807, 2.05) is 6.07 Å². The van der Waals surface area contributed by atoms with Crippen LogP contribution in [0.4, 0.5) is 5.69 Å². The van der Waals surface area contributed by atoms with Crippen molar-refractivity contribution in [2.75, 3.05) is 31.1 Å². The highest BCUT2D eigenvalue weighted by molar-refractivity contribution is 5.93. The predicted octanol–water partition coefficient (Wildman–Crippen LogP) is 3.18. The molecule has 1 N–H and O–H groups in total. The zero-order valence-electron chi connectivity index (χ0n) is 17.9. The summed E-state index contributed by atoms with van der Waals surface area (Å²) >= 11 is 0. The average molecular weight is 396 g/mol. The van der Waals surface area contributed by atoms with Crippen molar-refractivity contribution in [1.82, 2.24) is 15.2 Å². The van der Waals surface area contributed by atoms with E-state index in [-0.39, 0.29) is 11.9 Å². The van der Waals surface area contributed by atoms with Crippen LogP contribution in [0.15, 0.2) is 12.1 Å². The van der Waals surface area contributed by atoms with Gasteiger partial charge in [-0.25, -0.2) is 4.98 Å². The van der Waals surface area contributed by atoms with Gasteiger partial charge >= 0.3 is 0 Å². The summed E-state index contributed by atoms with van der Waals surface area (Å²) < 4.78 is 0. The second-order valence-electron chi connectivity index (χ2n) is 9.98. The first-order chi connectivity index (χ1) is 13.8. The summed E-state index contributed by atoms with van der Waals surface area (Å²) in [5.41, 5.74) is 1.96. The molecule has 3 aliphatic rings. The van der Waals surface area contributed by atoms with Crippen LogP contribution in [0.5, 0.6) is 0 Å². The maximum atomic E-state index is 12.2. The fraction of sp³-hybridized carbons (Fsp3) is 0.696. The van der Waals surface area contributed by atoms with Crippen molar-refractivity contribution in [2.24, 2.45) is 11.3 Å². The Morgan fingerprint density at radius 1 is 1.14 bits per heavy atom. The summed E-state index contributed by atoms with van der Waals surface area (Å²) in [4.78, 5) is 21.5. The van der Waals surface area contributed by atoms with Gasteiger partial charge in [0.25, 0.3) is 5.91 Å². The van der Waals surface area contributed by atoms with Crippen molar-refractivity contribution < 1.29 is 4.79 Å². The molecule has 6 heteroatoms. The van der Waals surface area contributed by atoms with Crippen LogP contribution in [0.3, 0.4) is 0 Å². The van der Waals surface area contributed by atoms with Crippen LogP contribution in [0.25, 0.3) is 0 Å². The van der Waals surface area contributed by atoms with Crippen LogP contribution in [0.1, 0.15) is 69.1 Å². The number of carbonyl (C=O) groups excluding carboxylic acids is 1. The molecule has 2 unspecified atom stereocenters. The number of nitrogens with one attached hydrogen (secondary N) is 1. The quantitative estimate of drug-likeness (QED) is 0.848.